The van der Waals surface area contributed by atoms with Gasteiger partial charge in [-0.1, -0.05) is 19.8 Å². The molecule has 1 aromatic carbocycles. The number of benzene rings is 1. The Morgan fingerprint density at radius 2 is 1.90 bits per heavy atom. The van der Waals surface area contributed by atoms with E-state index in [1.165, 1.54) is 12.1 Å². The van der Waals surface area contributed by atoms with E-state index in [-0.39, 0.29) is 11.1 Å². The Balaban J connectivity index is 2.86. The highest BCUT2D eigenvalue weighted by Crippen LogP contribution is 2.22. The molecule has 0 aliphatic rings. The maximum absolute atomic E-state index is 12.2. The predicted octanol–water partition coefficient (Wildman–Crippen LogP) is 4.51. The molecule has 1 rings (SSSR count). The van der Waals surface area contributed by atoms with E-state index in [4.69, 9.17) is 4.74 Å². The fourth-order valence-corrected chi connectivity index (χ4v) is 2.52. The lowest BCUT2D eigenvalue weighted by Crippen LogP contribution is -2.29. The van der Waals surface area contributed by atoms with E-state index < -0.39 is 17.5 Å². The Bertz CT molecular complexity index is 523. The van der Waals surface area contributed by atoms with Crippen molar-refractivity contribution in [3.63, 3.8) is 0 Å². The molecule has 0 atom stereocenters. The number of carboxylic acids is 1. The zero-order valence-electron chi connectivity index (χ0n) is 12.6. The van der Waals surface area contributed by atoms with Gasteiger partial charge in [0.05, 0.1) is 11.1 Å². The summed E-state index contributed by atoms with van der Waals surface area (Å²) in [7, 11) is 0. The van der Waals surface area contributed by atoms with Crippen LogP contribution in [0.15, 0.2) is 18.2 Å². The Labute approximate surface area is 139 Å². The number of carbonyl (C=O) groups excluding carboxylic acids is 1. The van der Waals surface area contributed by atoms with E-state index in [1.54, 1.807) is 6.07 Å². The maximum atomic E-state index is 12.2. The van der Waals surface area contributed by atoms with Crippen molar-refractivity contribution in [1.29, 1.82) is 0 Å². The summed E-state index contributed by atoms with van der Waals surface area (Å²) in [4.78, 5) is 23.5. The number of unbranched alkanes of at least 4 members (excludes halogenated alkanes) is 2. The average Bonchev–Trinajstić information content (AvgIpc) is 2.37. The maximum Gasteiger partial charge on any atom is 0.339 e. The van der Waals surface area contributed by atoms with Crippen molar-refractivity contribution in [3.05, 3.63) is 32.9 Å². The number of halogens is 1. The van der Waals surface area contributed by atoms with E-state index in [0.717, 1.165) is 29.3 Å². The van der Waals surface area contributed by atoms with Gasteiger partial charge in [0, 0.05) is 3.57 Å². The van der Waals surface area contributed by atoms with E-state index in [0.29, 0.717) is 0 Å². The summed E-state index contributed by atoms with van der Waals surface area (Å²) < 4.78 is 6.26. The molecule has 0 fully saturated rings. The van der Waals surface area contributed by atoms with Gasteiger partial charge < -0.3 is 9.84 Å². The minimum Gasteiger partial charge on any atom is -0.478 e. The van der Waals surface area contributed by atoms with Gasteiger partial charge in [-0.25, -0.2) is 9.59 Å². The normalized spacial score (nSPS) is 11.2. The Kier molecular flexibility index (Phi) is 6.64. The van der Waals surface area contributed by atoms with Gasteiger partial charge in [0.2, 0.25) is 0 Å². The van der Waals surface area contributed by atoms with Crippen LogP contribution in [0.4, 0.5) is 0 Å². The van der Waals surface area contributed by atoms with Crippen molar-refractivity contribution >= 4 is 34.5 Å². The summed E-state index contributed by atoms with van der Waals surface area (Å²) in [6, 6.07) is 4.69. The zero-order chi connectivity index (χ0) is 16.0. The van der Waals surface area contributed by atoms with Crippen molar-refractivity contribution in [2.75, 3.05) is 0 Å². The molecule has 116 valence electrons. The predicted molar refractivity (Wildman–Crippen MR) is 89.8 cm³/mol. The minimum absolute atomic E-state index is 0.0174. The average molecular weight is 404 g/mol. The molecule has 0 aliphatic carbocycles. The smallest absolute Gasteiger partial charge is 0.339 e. The Morgan fingerprint density at radius 3 is 2.48 bits per heavy atom. The Hall–Kier alpha value is -1.11. The molecule has 0 spiro atoms. The lowest BCUT2D eigenvalue weighted by atomic mass is 10.00. The van der Waals surface area contributed by atoms with Gasteiger partial charge in [-0.05, 0) is 67.5 Å². The van der Waals surface area contributed by atoms with Crippen LogP contribution in [-0.4, -0.2) is 22.6 Å². The number of hydrogen-bond donors (Lipinski definition) is 1. The molecule has 21 heavy (non-hydrogen) atoms. The first-order valence-corrected chi connectivity index (χ1v) is 8.11. The molecule has 0 heterocycles. The second-order valence-electron chi connectivity index (χ2n) is 5.60. The molecule has 0 saturated heterocycles. The SMILES string of the molecule is CCCCCC(C)(C)OC(=O)c1ccc(I)cc1C(=O)O. The largest absolute Gasteiger partial charge is 0.478 e. The van der Waals surface area contributed by atoms with Crippen LogP contribution >= 0.6 is 22.6 Å². The Morgan fingerprint density at radius 1 is 1.24 bits per heavy atom. The minimum atomic E-state index is -1.12. The molecule has 5 heteroatoms. The van der Waals surface area contributed by atoms with Crippen molar-refractivity contribution in [3.8, 4) is 0 Å². The third-order valence-corrected chi connectivity index (χ3v) is 3.85. The summed E-state index contributed by atoms with van der Waals surface area (Å²) in [5, 5.41) is 9.20. The zero-order valence-corrected chi connectivity index (χ0v) is 14.8. The summed E-state index contributed by atoms with van der Waals surface area (Å²) >= 11 is 2.01. The van der Waals surface area contributed by atoms with E-state index in [9.17, 15) is 14.7 Å². The van der Waals surface area contributed by atoms with Crippen LogP contribution < -0.4 is 0 Å². The molecule has 0 unspecified atom stereocenters. The number of hydrogen-bond acceptors (Lipinski definition) is 3. The fourth-order valence-electron chi connectivity index (χ4n) is 2.03. The number of aromatic carboxylic acids is 1. The molecule has 1 aromatic rings. The summed E-state index contributed by atoms with van der Waals surface area (Å²) in [5.74, 6) is -1.70. The summed E-state index contributed by atoms with van der Waals surface area (Å²) in [6.07, 6.45) is 3.93. The van der Waals surface area contributed by atoms with Gasteiger partial charge in [-0.3, -0.25) is 0 Å². The molecule has 0 aliphatic heterocycles. The molecule has 0 radical (unpaired) electrons. The highest BCUT2D eigenvalue weighted by atomic mass is 127. The number of esters is 1. The fraction of sp³-hybridized carbons (Fsp3) is 0.500. The lowest BCUT2D eigenvalue weighted by molar-refractivity contribution is -0.00574. The number of carboxylic acid groups (broad SMARTS) is 1. The monoisotopic (exact) mass is 404 g/mol. The molecule has 0 aromatic heterocycles. The number of ether oxygens (including phenoxy) is 1. The number of rotatable bonds is 7. The molecule has 0 bridgehead atoms. The van der Waals surface area contributed by atoms with Crippen molar-refractivity contribution in [1.82, 2.24) is 0 Å². The molecule has 0 amide bonds. The second kappa shape index (κ2) is 7.77. The van der Waals surface area contributed by atoms with Crippen molar-refractivity contribution < 1.29 is 19.4 Å². The quantitative estimate of drug-likeness (QED) is 0.413. The van der Waals surface area contributed by atoms with Gasteiger partial charge in [0.25, 0.3) is 0 Å². The van der Waals surface area contributed by atoms with Gasteiger partial charge in [0.1, 0.15) is 5.60 Å². The van der Waals surface area contributed by atoms with E-state index in [1.807, 2.05) is 36.4 Å². The van der Waals surface area contributed by atoms with Crippen LogP contribution in [0, 0.1) is 3.57 Å². The van der Waals surface area contributed by atoms with Gasteiger partial charge >= 0.3 is 11.9 Å². The van der Waals surface area contributed by atoms with Crippen molar-refractivity contribution in [2.45, 2.75) is 52.1 Å². The lowest BCUT2D eigenvalue weighted by Gasteiger charge is -2.25. The van der Waals surface area contributed by atoms with Gasteiger partial charge in [-0.15, -0.1) is 0 Å². The van der Waals surface area contributed by atoms with Crippen LogP contribution in [0.5, 0.6) is 0 Å². The standard InChI is InChI=1S/C16H21IO4/c1-4-5-6-9-16(2,3)21-15(20)12-8-7-11(17)10-13(12)14(18)19/h7-8,10H,4-6,9H2,1-3H3,(H,18,19). The second-order valence-corrected chi connectivity index (χ2v) is 6.85. The highest BCUT2D eigenvalue weighted by molar-refractivity contribution is 14.1. The first-order valence-electron chi connectivity index (χ1n) is 7.03. The molecular weight excluding hydrogens is 383 g/mol. The number of carbonyl (C=O) groups is 2. The van der Waals surface area contributed by atoms with Crippen LogP contribution in [0.2, 0.25) is 0 Å². The summed E-state index contributed by atoms with van der Waals surface area (Å²) in [6.45, 7) is 5.82. The van der Waals surface area contributed by atoms with E-state index in [2.05, 4.69) is 6.92 Å². The third kappa shape index (κ3) is 5.65. The van der Waals surface area contributed by atoms with Gasteiger partial charge in [-0.2, -0.15) is 0 Å². The molecule has 0 saturated carbocycles. The van der Waals surface area contributed by atoms with Gasteiger partial charge in [0.15, 0.2) is 0 Å². The van der Waals surface area contributed by atoms with Crippen LogP contribution in [0.1, 0.15) is 67.2 Å². The molecular formula is C16H21IO4. The molecule has 4 nitrogen and oxygen atoms in total. The highest BCUT2D eigenvalue weighted by Gasteiger charge is 2.26. The topological polar surface area (TPSA) is 63.6 Å². The van der Waals surface area contributed by atoms with Crippen LogP contribution in [-0.2, 0) is 4.74 Å². The van der Waals surface area contributed by atoms with Crippen molar-refractivity contribution in [2.24, 2.45) is 0 Å². The van der Waals surface area contributed by atoms with Crippen LogP contribution in [0.3, 0.4) is 0 Å². The van der Waals surface area contributed by atoms with Crippen LogP contribution in [0.25, 0.3) is 0 Å². The van der Waals surface area contributed by atoms with E-state index >= 15 is 0 Å². The first kappa shape index (κ1) is 17.9. The summed E-state index contributed by atoms with van der Waals surface area (Å²) in [5.41, 5.74) is -0.506. The first-order chi connectivity index (χ1) is 9.76. The molecule has 1 N–H and O–H groups in total. The third-order valence-electron chi connectivity index (χ3n) is 3.18.